The quantitative estimate of drug-likeness (QED) is 0.860. The molecule has 1 aliphatic heterocycles. The second-order valence-corrected chi connectivity index (χ2v) is 6.39. The van der Waals surface area contributed by atoms with E-state index >= 15 is 0 Å². The van der Waals surface area contributed by atoms with Crippen molar-refractivity contribution in [2.45, 2.75) is 38.3 Å². The number of halogens is 2. The van der Waals surface area contributed by atoms with Crippen LogP contribution in [0.4, 0.5) is 0 Å². The summed E-state index contributed by atoms with van der Waals surface area (Å²) in [6, 6.07) is 5.78. The molecule has 2 rings (SSSR count). The first-order chi connectivity index (χ1) is 10.2. The topological polar surface area (TPSA) is 38.5 Å². The molecule has 0 bridgehead atoms. The molecule has 1 fully saturated rings. The van der Waals surface area contributed by atoms with E-state index in [1.165, 1.54) is 0 Å². The summed E-state index contributed by atoms with van der Waals surface area (Å²) in [5.41, 5.74) is 7.07. The van der Waals surface area contributed by atoms with Gasteiger partial charge in [0.1, 0.15) is 0 Å². The molecule has 1 saturated heterocycles. The van der Waals surface area contributed by atoms with Crippen molar-refractivity contribution in [2.75, 3.05) is 26.2 Å². The highest BCUT2D eigenvalue weighted by molar-refractivity contribution is 6.35. The van der Waals surface area contributed by atoms with Crippen molar-refractivity contribution >= 4 is 23.2 Å². The SMILES string of the molecule is CCCOC1CCCN(C(CN)c2ccc(Cl)cc2Cl)C1. The Balaban J connectivity index is 2.09. The number of rotatable bonds is 6. The maximum atomic E-state index is 6.34. The number of hydrogen-bond acceptors (Lipinski definition) is 3. The highest BCUT2D eigenvalue weighted by atomic mass is 35.5. The van der Waals surface area contributed by atoms with E-state index in [-0.39, 0.29) is 6.04 Å². The normalized spacial score (nSPS) is 21.4. The first-order valence-corrected chi connectivity index (χ1v) is 8.42. The Labute approximate surface area is 137 Å². The van der Waals surface area contributed by atoms with E-state index in [2.05, 4.69) is 11.8 Å². The van der Waals surface area contributed by atoms with Crippen LogP contribution in [0.15, 0.2) is 18.2 Å². The zero-order valence-electron chi connectivity index (χ0n) is 12.5. The minimum atomic E-state index is 0.128. The third kappa shape index (κ3) is 4.57. The molecule has 0 saturated carbocycles. The summed E-state index contributed by atoms with van der Waals surface area (Å²) >= 11 is 12.3. The van der Waals surface area contributed by atoms with Crippen LogP contribution < -0.4 is 5.73 Å². The molecule has 0 radical (unpaired) electrons. The minimum absolute atomic E-state index is 0.128. The number of nitrogens with two attached hydrogens (primary N) is 1. The van der Waals surface area contributed by atoms with Crippen LogP contribution in [0.25, 0.3) is 0 Å². The zero-order valence-corrected chi connectivity index (χ0v) is 14.0. The molecular formula is C16H24Cl2N2O. The molecule has 1 aliphatic rings. The van der Waals surface area contributed by atoms with Gasteiger partial charge in [-0.25, -0.2) is 0 Å². The maximum absolute atomic E-state index is 6.34. The van der Waals surface area contributed by atoms with Gasteiger partial charge in [-0.3, -0.25) is 4.90 Å². The molecule has 1 heterocycles. The Morgan fingerprint density at radius 3 is 2.90 bits per heavy atom. The van der Waals surface area contributed by atoms with Crippen LogP contribution in [0, 0.1) is 0 Å². The van der Waals surface area contributed by atoms with Crippen LogP contribution in [0.5, 0.6) is 0 Å². The Hall–Kier alpha value is -0.320. The molecule has 0 spiro atoms. The van der Waals surface area contributed by atoms with Crippen LogP contribution in [-0.4, -0.2) is 37.2 Å². The molecule has 21 heavy (non-hydrogen) atoms. The Kier molecular flexibility index (Phi) is 6.77. The second-order valence-electron chi connectivity index (χ2n) is 5.55. The predicted octanol–water partition coefficient (Wildman–Crippen LogP) is 3.88. The van der Waals surface area contributed by atoms with E-state index < -0.39 is 0 Å². The van der Waals surface area contributed by atoms with Gasteiger partial charge in [0.05, 0.1) is 6.10 Å². The molecule has 2 atom stereocenters. The van der Waals surface area contributed by atoms with Crippen molar-refractivity contribution < 1.29 is 4.74 Å². The Morgan fingerprint density at radius 1 is 1.43 bits per heavy atom. The van der Waals surface area contributed by atoms with E-state index in [1.807, 2.05) is 12.1 Å². The minimum Gasteiger partial charge on any atom is -0.377 e. The Bertz CT molecular complexity index is 456. The molecule has 0 amide bonds. The van der Waals surface area contributed by atoms with Gasteiger partial charge in [0.25, 0.3) is 0 Å². The molecule has 3 nitrogen and oxygen atoms in total. The number of ether oxygens (including phenoxy) is 1. The van der Waals surface area contributed by atoms with Crippen molar-refractivity contribution in [2.24, 2.45) is 5.73 Å². The average molecular weight is 331 g/mol. The average Bonchev–Trinajstić information content (AvgIpc) is 2.48. The molecule has 0 aromatic heterocycles. The van der Waals surface area contributed by atoms with Gasteiger partial charge in [0.15, 0.2) is 0 Å². The smallest absolute Gasteiger partial charge is 0.0702 e. The number of nitrogens with zero attached hydrogens (tertiary/aromatic N) is 1. The van der Waals surface area contributed by atoms with Crippen LogP contribution in [0.2, 0.25) is 10.0 Å². The number of piperidine rings is 1. The van der Waals surface area contributed by atoms with Crippen LogP contribution in [0.1, 0.15) is 37.8 Å². The highest BCUT2D eigenvalue weighted by Crippen LogP contribution is 2.31. The van der Waals surface area contributed by atoms with E-state index in [4.69, 9.17) is 33.7 Å². The van der Waals surface area contributed by atoms with Gasteiger partial charge >= 0.3 is 0 Å². The monoisotopic (exact) mass is 330 g/mol. The molecule has 0 aliphatic carbocycles. The molecule has 1 aromatic rings. The van der Waals surface area contributed by atoms with Gasteiger partial charge in [-0.2, -0.15) is 0 Å². The van der Waals surface area contributed by atoms with Gasteiger partial charge in [0.2, 0.25) is 0 Å². The van der Waals surface area contributed by atoms with Gasteiger partial charge in [-0.05, 0) is 43.5 Å². The van der Waals surface area contributed by atoms with Crippen molar-refractivity contribution in [1.82, 2.24) is 4.90 Å². The van der Waals surface area contributed by atoms with Crippen LogP contribution >= 0.6 is 23.2 Å². The molecule has 2 unspecified atom stereocenters. The zero-order chi connectivity index (χ0) is 15.2. The summed E-state index contributed by atoms with van der Waals surface area (Å²) in [4.78, 5) is 2.39. The molecule has 118 valence electrons. The summed E-state index contributed by atoms with van der Waals surface area (Å²) in [7, 11) is 0. The summed E-state index contributed by atoms with van der Waals surface area (Å²) in [6.45, 7) is 5.46. The van der Waals surface area contributed by atoms with Crippen molar-refractivity contribution in [3.05, 3.63) is 33.8 Å². The lowest BCUT2D eigenvalue weighted by molar-refractivity contribution is -0.0118. The molecule has 2 N–H and O–H groups in total. The number of likely N-dealkylation sites (tertiary alicyclic amines) is 1. The number of benzene rings is 1. The van der Waals surface area contributed by atoms with Crippen molar-refractivity contribution in [1.29, 1.82) is 0 Å². The van der Waals surface area contributed by atoms with E-state index in [1.54, 1.807) is 6.07 Å². The Morgan fingerprint density at radius 2 is 2.24 bits per heavy atom. The summed E-state index contributed by atoms with van der Waals surface area (Å²) < 4.78 is 5.91. The maximum Gasteiger partial charge on any atom is 0.0702 e. The standard InChI is InChI=1S/C16H24Cl2N2O/c1-2-8-21-13-4-3-7-20(11-13)16(10-19)14-6-5-12(17)9-15(14)18/h5-6,9,13,16H,2-4,7-8,10-11,19H2,1H3. The first kappa shape index (κ1) is 17.0. The summed E-state index contributed by atoms with van der Waals surface area (Å²) in [5, 5.41) is 1.34. The van der Waals surface area contributed by atoms with Gasteiger partial charge < -0.3 is 10.5 Å². The summed E-state index contributed by atoms with van der Waals surface area (Å²) in [5.74, 6) is 0. The van der Waals surface area contributed by atoms with E-state index in [9.17, 15) is 0 Å². The lowest BCUT2D eigenvalue weighted by Crippen LogP contribution is -2.44. The summed E-state index contributed by atoms with van der Waals surface area (Å²) in [6.07, 6.45) is 3.62. The second kappa shape index (κ2) is 8.35. The van der Waals surface area contributed by atoms with Gasteiger partial charge in [-0.1, -0.05) is 36.2 Å². The third-order valence-corrected chi connectivity index (χ3v) is 4.52. The van der Waals surface area contributed by atoms with Crippen molar-refractivity contribution in [3.8, 4) is 0 Å². The van der Waals surface area contributed by atoms with Gasteiger partial charge in [-0.15, -0.1) is 0 Å². The van der Waals surface area contributed by atoms with Crippen LogP contribution in [-0.2, 0) is 4.74 Å². The predicted molar refractivity (Wildman–Crippen MR) is 89.1 cm³/mol. The fraction of sp³-hybridized carbons (Fsp3) is 0.625. The molecule has 1 aromatic carbocycles. The fourth-order valence-corrected chi connectivity index (χ4v) is 3.45. The molecule has 5 heteroatoms. The van der Waals surface area contributed by atoms with Gasteiger partial charge in [0, 0.05) is 35.8 Å². The van der Waals surface area contributed by atoms with Crippen molar-refractivity contribution in [3.63, 3.8) is 0 Å². The number of hydrogen-bond donors (Lipinski definition) is 1. The fourth-order valence-electron chi connectivity index (χ4n) is 2.91. The lowest BCUT2D eigenvalue weighted by Gasteiger charge is -2.38. The molecular weight excluding hydrogens is 307 g/mol. The van der Waals surface area contributed by atoms with E-state index in [0.29, 0.717) is 22.7 Å². The van der Waals surface area contributed by atoms with E-state index in [0.717, 1.165) is 44.5 Å². The first-order valence-electron chi connectivity index (χ1n) is 7.66. The highest BCUT2D eigenvalue weighted by Gasteiger charge is 2.27. The lowest BCUT2D eigenvalue weighted by atomic mass is 10.0. The van der Waals surface area contributed by atoms with Crippen LogP contribution in [0.3, 0.4) is 0 Å². The largest absolute Gasteiger partial charge is 0.377 e. The third-order valence-electron chi connectivity index (χ3n) is 3.95.